The zero-order valence-electron chi connectivity index (χ0n) is 10.7. The van der Waals surface area contributed by atoms with E-state index in [1.165, 1.54) is 6.07 Å². The molecule has 0 radical (unpaired) electrons. The predicted octanol–water partition coefficient (Wildman–Crippen LogP) is 3.64. The van der Waals surface area contributed by atoms with Crippen LogP contribution in [0.5, 0.6) is 0 Å². The van der Waals surface area contributed by atoms with Gasteiger partial charge in [0.05, 0.1) is 5.60 Å². The van der Waals surface area contributed by atoms with Crippen LogP contribution in [0.15, 0.2) is 18.2 Å². The van der Waals surface area contributed by atoms with E-state index in [9.17, 15) is 9.50 Å². The maximum absolute atomic E-state index is 13.5. The second-order valence-electron chi connectivity index (χ2n) is 5.38. The third kappa shape index (κ3) is 2.82. The Labute approximate surface area is 97.3 Å². The van der Waals surface area contributed by atoms with Crippen LogP contribution in [0.25, 0.3) is 0 Å². The second-order valence-corrected chi connectivity index (χ2v) is 5.38. The van der Waals surface area contributed by atoms with Crippen LogP contribution in [0.3, 0.4) is 0 Å². The number of halogens is 1. The fourth-order valence-corrected chi connectivity index (χ4v) is 2.41. The van der Waals surface area contributed by atoms with Gasteiger partial charge in [0.15, 0.2) is 0 Å². The lowest BCUT2D eigenvalue weighted by atomic mass is 9.77. The van der Waals surface area contributed by atoms with Crippen molar-refractivity contribution in [3.05, 3.63) is 35.1 Å². The van der Waals surface area contributed by atoms with E-state index in [1.54, 1.807) is 26.8 Å². The molecule has 0 unspecified atom stereocenters. The van der Waals surface area contributed by atoms with Gasteiger partial charge in [-0.3, -0.25) is 0 Å². The van der Waals surface area contributed by atoms with Crippen molar-refractivity contribution in [3.63, 3.8) is 0 Å². The largest absolute Gasteiger partial charge is 0.390 e. The fraction of sp³-hybridized carbons (Fsp3) is 0.571. The van der Waals surface area contributed by atoms with Crippen LogP contribution in [0.2, 0.25) is 0 Å². The maximum Gasteiger partial charge on any atom is 0.126 e. The van der Waals surface area contributed by atoms with Gasteiger partial charge in [-0.2, -0.15) is 0 Å². The summed E-state index contributed by atoms with van der Waals surface area (Å²) in [5, 5.41) is 10.1. The molecule has 0 amide bonds. The van der Waals surface area contributed by atoms with Crippen molar-refractivity contribution < 1.29 is 9.50 Å². The Morgan fingerprint density at radius 3 is 2.19 bits per heavy atom. The zero-order chi connectivity index (χ0) is 12.5. The summed E-state index contributed by atoms with van der Waals surface area (Å²) in [6, 6.07) is 5.21. The van der Waals surface area contributed by atoms with Gasteiger partial charge in [0.2, 0.25) is 0 Å². The minimum atomic E-state index is -0.837. The molecular formula is C14H21FO. The van der Waals surface area contributed by atoms with E-state index in [0.717, 1.165) is 5.56 Å². The van der Waals surface area contributed by atoms with Gasteiger partial charge in [-0.1, -0.05) is 26.0 Å². The summed E-state index contributed by atoms with van der Waals surface area (Å²) in [5.41, 5.74) is 0.670. The highest BCUT2D eigenvalue weighted by Gasteiger charge is 2.31. The van der Waals surface area contributed by atoms with Gasteiger partial charge in [-0.05, 0) is 43.9 Å². The van der Waals surface area contributed by atoms with Crippen molar-refractivity contribution in [2.45, 2.75) is 46.1 Å². The first-order valence-electron chi connectivity index (χ1n) is 5.72. The van der Waals surface area contributed by atoms with E-state index >= 15 is 0 Å². The molecular weight excluding hydrogens is 203 g/mol. The molecule has 0 aromatic heterocycles. The van der Waals surface area contributed by atoms with Gasteiger partial charge >= 0.3 is 0 Å². The summed E-state index contributed by atoms with van der Waals surface area (Å²) < 4.78 is 13.5. The fourth-order valence-electron chi connectivity index (χ4n) is 2.41. The molecule has 0 aliphatic carbocycles. The molecule has 0 heterocycles. The average molecular weight is 224 g/mol. The molecule has 1 N–H and O–H groups in total. The Hall–Kier alpha value is -0.890. The highest BCUT2D eigenvalue weighted by molar-refractivity contribution is 5.28. The molecule has 90 valence electrons. The molecule has 1 rings (SSSR count). The first-order valence-corrected chi connectivity index (χ1v) is 5.72. The van der Waals surface area contributed by atoms with Crippen LogP contribution < -0.4 is 0 Å². The lowest BCUT2D eigenvalue weighted by molar-refractivity contribution is 0.0331. The second kappa shape index (κ2) is 4.54. The van der Waals surface area contributed by atoms with Crippen LogP contribution in [0, 0.1) is 18.7 Å². The normalized spacial score (nSPS) is 14.2. The van der Waals surface area contributed by atoms with E-state index in [1.807, 2.05) is 19.9 Å². The van der Waals surface area contributed by atoms with E-state index in [4.69, 9.17) is 0 Å². The molecule has 1 aromatic carbocycles. The molecule has 0 saturated carbocycles. The number of hydrogen-bond donors (Lipinski definition) is 1. The van der Waals surface area contributed by atoms with Gasteiger partial charge in [-0.25, -0.2) is 4.39 Å². The SMILES string of the molecule is Cc1ccc([C@@H](C(C)C)C(C)(C)O)cc1F. The van der Waals surface area contributed by atoms with Gasteiger partial charge in [0.25, 0.3) is 0 Å². The van der Waals surface area contributed by atoms with Crippen LogP contribution in [0.1, 0.15) is 44.7 Å². The number of rotatable bonds is 3. The van der Waals surface area contributed by atoms with Gasteiger partial charge in [0.1, 0.15) is 5.82 Å². The zero-order valence-corrected chi connectivity index (χ0v) is 10.7. The molecule has 0 aliphatic heterocycles. The smallest absolute Gasteiger partial charge is 0.126 e. The maximum atomic E-state index is 13.5. The van der Waals surface area contributed by atoms with Gasteiger partial charge in [0, 0.05) is 5.92 Å². The first kappa shape index (κ1) is 13.2. The van der Waals surface area contributed by atoms with Gasteiger partial charge in [-0.15, -0.1) is 0 Å². The van der Waals surface area contributed by atoms with Crippen LogP contribution in [-0.2, 0) is 0 Å². The third-order valence-electron chi connectivity index (χ3n) is 2.98. The van der Waals surface area contributed by atoms with Crippen LogP contribution in [-0.4, -0.2) is 10.7 Å². The Balaban J connectivity index is 3.17. The van der Waals surface area contributed by atoms with E-state index in [2.05, 4.69) is 0 Å². The van der Waals surface area contributed by atoms with Crippen molar-refractivity contribution in [1.82, 2.24) is 0 Å². The molecule has 0 aliphatic rings. The molecule has 0 spiro atoms. The molecule has 1 nitrogen and oxygen atoms in total. The molecule has 0 bridgehead atoms. The molecule has 2 heteroatoms. The predicted molar refractivity (Wildman–Crippen MR) is 65.0 cm³/mol. The van der Waals surface area contributed by atoms with Crippen LogP contribution in [0.4, 0.5) is 4.39 Å². The van der Waals surface area contributed by atoms with Crippen molar-refractivity contribution in [3.8, 4) is 0 Å². The monoisotopic (exact) mass is 224 g/mol. The summed E-state index contributed by atoms with van der Waals surface area (Å²) in [4.78, 5) is 0. The van der Waals surface area contributed by atoms with E-state index in [-0.39, 0.29) is 17.7 Å². The Kier molecular flexibility index (Phi) is 3.74. The standard InChI is InChI=1S/C14H21FO/c1-9(2)13(14(4,5)16)11-7-6-10(3)12(15)8-11/h6-9,13,16H,1-5H3/t13-/m1/s1. The average Bonchev–Trinajstić information content (AvgIpc) is 2.08. The van der Waals surface area contributed by atoms with Crippen molar-refractivity contribution in [2.75, 3.05) is 0 Å². The van der Waals surface area contributed by atoms with E-state index in [0.29, 0.717) is 5.56 Å². The van der Waals surface area contributed by atoms with Crippen molar-refractivity contribution in [2.24, 2.45) is 5.92 Å². The summed E-state index contributed by atoms with van der Waals surface area (Å²) in [6.07, 6.45) is 0. The summed E-state index contributed by atoms with van der Waals surface area (Å²) in [5.74, 6) is 0.0112. The molecule has 16 heavy (non-hydrogen) atoms. The lowest BCUT2D eigenvalue weighted by Gasteiger charge is -2.33. The first-order chi connectivity index (χ1) is 7.23. The lowest BCUT2D eigenvalue weighted by Crippen LogP contribution is -2.32. The minimum absolute atomic E-state index is 0.0531. The minimum Gasteiger partial charge on any atom is -0.390 e. The Morgan fingerprint density at radius 1 is 1.25 bits per heavy atom. The Morgan fingerprint density at radius 2 is 1.81 bits per heavy atom. The highest BCUT2D eigenvalue weighted by Crippen LogP contribution is 2.35. The summed E-state index contributed by atoms with van der Waals surface area (Å²) >= 11 is 0. The van der Waals surface area contributed by atoms with Crippen LogP contribution >= 0.6 is 0 Å². The molecule has 0 saturated heterocycles. The Bertz CT molecular complexity index is 363. The molecule has 0 fully saturated rings. The van der Waals surface area contributed by atoms with Crippen molar-refractivity contribution in [1.29, 1.82) is 0 Å². The number of benzene rings is 1. The third-order valence-corrected chi connectivity index (χ3v) is 2.98. The number of hydrogen-bond acceptors (Lipinski definition) is 1. The summed E-state index contributed by atoms with van der Waals surface area (Å²) in [6.45, 7) is 9.37. The van der Waals surface area contributed by atoms with Gasteiger partial charge < -0.3 is 5.11 Å². The summed E-state index contributed by atoms with van der Waals surface area (Å²) in [7, 11) is 0. The topological polar surface area (TPSA) is 20.2 Å². The molecule has 1 aromatic rings. The van der Waals surface area contributed by atoms with E-state index < -0.39 is 5.60 Å². The van der Waals surface area contributed by atoms with Crippen molar-refractivity contribution >= 4 is 0 Å². The highest BCUT2D eigenvalue weighted by atomic mass is 19.1. The molecule has 1 atom stereocenters. The number of aryl methyl sites for hydroxylation is 1. The number of aliphatic hydroxyl groups is 1. The quantitative estimate of drug-likeness (QED) is 0.831.